The number of hydrogen-bond donors (Lipinski definition) is 6. The fourth-order valence-electron chi connectivity index (χ4n) is 2.94. The van der Waals surface area contributed by atoms with E-state index in [1.54, 1.807) is 13.1 Å². The number of pyridine rings is 1. The van der Waals surface area contributed by atoms with Gasteiger partial charge >= 0.3 is 5.97 Å². The Hall–Kier alpha value is -4.38. The van der Waals surface area contributed by atoms with Crippen molar-refractivity contribution in [2.24, 2.45) is 5.73 Å². The highest BCUT2D eigenvalue weighted by atomic mass is 16.5. The van der Waals surface area contributed by atoms with Crippen LogP contribution in [-0.4, -0.2) is 53.7 Å². The molecule has 0 aliphatic heterocycles. The number of rotatable bonds is 8. The number of carbonyl (C=O) groups is 3. The van der Waals surface area contributed by atoms with Crippen LogP contribution in [0.1, 0.15) is 27.1 Å². The summed E-state index contributed by atoms with van der Waals surface area (Å²) in [4.78, 5) is 47.6. The molecule has 11 nitrogen and oxygen atoms in total. The molecule has 0 aliphatic rings. The predicted octanol–water partition coefficient (Wildman–Crippen LogP) is 1.95. The number of carbonyl (C=O) groups excluding carboxylic acids is 1. The van der Waals surface area contributed by atoms with Gasteiger partial charge in [-0.15, -0.1) is 0 Å². The Labute approximate surface area is 188 Å². The lowest BCUT2D eigenvalue weighted by Gasteiger charge is -2.13. The van der Waals surface area contributed by atoms with E-state index < -0.39 is 17.4 Å². The summed E-state index contributed by atoms with van der Waals surface area (Å²) in [5.74, 6) is -1.57. The van der Waals surface area contributed by atoms with Gasteiger partial charge in [0, 0.05) is 12.4 Å². The summed E-state index contributed by atoms with van der Waals surface area (Å²) in [5.41, 5.74) is 6.43. The minimum absolute atomic E-state index is 0.0129. The highest BCUT2D eigenvalue weighted by molar-refractivity contribution is 6.07. The number of hydrogen-bond acceptors (Lipinski definition) is 7. The summed E-state index contributed by atoms with van der Waals surface area (Å²) in [6.07, 6.45) is 0.558. The lowest BCUT2D eigenvalue weighted by Crippen LogP contribution is -2.23. The number of carboxylic acid groups (broad SMARTS) is 2. The number of carboxylic acids is 1. The van der Waals surface area contributed by atoms with Gasteiger partial charge in [0.2, 0.25) is 0 Å². The average Bonchev–Trinajstić information content (AvgIpc) is 2.79. The van der Waals surface area contributed by atoms with E-state index in [1.165, 1.54) is 24.3 Å². The van der Waals surface area contributed by atoms with E-state index in [0.717, 1.165) is 5.69 Å². The van der Waals surface area contributed by atoms with Crippen molar-refractivity contribution in [1.29, 1.82) is 0 Å². The Morgan fingerprint density at radius 1 is 1.18 bits per heavy atom. The van der Waals surface area contributed by atoms with Gasteiger partial charge < -0.3 is 36.3 Å². The summed E-state index contributed by atoms with van der Waals surface area (Å²) < 4.78 is 5.58. The van der Waals surface area contributed by atoms with Crippen molar-refractivity contribution in [2.75, 3.05) is 30.8 Å². The monoisotopic (exact) mass is 456 g/mol. The van der Waals surface area contributed by atoms with Gasteiger partial charge in [-0.05, 0) is 43.3 Å². The van der Waals surface area contributed by atoms with Crippen molar-refractivity contribution < 1.29 is 29.3 Å². The van der Waals surface area contributed by atoms with Crippen LogP contribution in [0.2, 0.25) is 0 Å². The van der Waals surface area contributed by atoms with E-state index in [0.29, 0.717) is 23.9 Å². The molecule has 1 aromatic heterocycles. The molecule has 0 aliphatic carbocycles. The third kappa shape index (κ3) is 6.31. The third-order valence-corrected chi connectivity index (χ3v) is 4.48. The number of aromatic nitrogens is 1. The number of amides is 1. The zero-order valence-corrected chi connectivity index (χ0v) is 17.8. The molecule has 33 heavy (non-hydrogen) atoms. The molecule has 174 valence electrons. The van der Waals surface area contributed by atoms with E-state index in [-0.39, 0.29) is 35.6 Å². The molecule has 1 heterocycles. The van der Waals surface area contributed by atoms with Crippen molar-refractivity contribution in [1.82, 2.24) is 4.98 Å². The van der Waals surface area contributed by atoms with E-state index in [2.05, 4.69) is 15.6 Å². The molecule has 0 atom stereocenters. The molecule has 0 bridgehead atoms. The number of aromatic carboxylic acids is 1. The van der Waals surface area contributed by atoms with Crippen molar-refractivity contribution in [2.45, 2.75) is 6.42 Å². The van der Waals surface area contributed by atoms with Crippen LogP contribution >= 0.6 is 0 Å². The first kappa shape index (κ1) is 24.9. The summed E-state index contributed by atoms with van der Waals surface area (Å²) in [5, 5.41) is 22.4. The van der Waals surface area contributed by atoms with Crippen LogP contribution in [0.25, 0.3) is 10.9 Å². The molecule has 0 spiro atoms. The largest absolute Gasteiger partial charge is 0.491 e. The first-order chi connectivity index (χ1) is 15.9. The van der Waals surface area contributed by atoms with Gasteiger partial charge in [0.05, 0.1) is 29.1 Å². The van der Waals surface area contributed by atoms with Crippen LogP contribution in [0.3, 0.4) is 0 Å². The Balaban J connectivity index is 0.00000122. The second-order valence-electron chi connectivity index (χ2n) is 6.60. The van der Waals surface area contributed by atoms with Gasteiger partial charge in [0.15, 0.2) is 0 Å². The molecule has 11 heteroatoms. The Morgan fingerprint density at radius 3 is 2.55 bits per heavy atom. The lowest BCUT2D eigenvalue weighted by molar-refractivity contribution is -0.122. The van der Waals surface area contributed by atoms with Crippen LogP contribution in [-0.2, 0) is 4.79 Å². The van der Waals surface area contributed by atoms with Crippen molar-refractivity contribution >= 4 is 40.6 Å². The molecule has 0 saturated heterocycles. The van der Waals surface area contributed by atoms with Crippen LogP contribution in [0.5, 0.6) is 5.75 Å². The fourth-order valence-corrected chi connectivity index (χ4v) is 2.94. The Morgan fingerprint density at radius 2 is 1.91 bits per heavy atom. The fraction of sp³-hybridized carbons (Fsp3) is 0.182. The maximum atomic E-state index is 12.8. The zero-order chi connectivity index (χ0) is 24.4. The van der Waals surface area contributed by atoms with Crippen molar-refractivity contribution in [3.63, 3.8) is 0 Å². The zero-order valence-electron chi connectivity index (χ0n) is 17.8. The number of aromatic amines is 1. The van der Waals surface area contributed by atoms with E-state index in [4.69, 9.17) is 20.4 Å². The number of ether oxygens (including phenoxy) is 1. The maximum absolute atomic E-state index is 12.8. The molecule has 1 amide bonds. The number of anilines is 2. The van der Waals surface area contributed by atoms with Gasteiger partial charge in [-0.3, -0.25) is 14.4 Å². The number of nitrogens with two attached hydrogens (primary N) is 1. The highest BCUT2D eigenvalue weighted by Gasteiger charge is 2.17. The van der Waals surface area contributed by atoms with E-state index in [1.807, 2.05) is 12.1 Å². The molecule has 3 aromatic rings. The second-order valence-corrected chi connectivity index (χ2v) is 6.60. The Bertz CT molecular complexity index is 1210. The van der Waals surface area contributed by atoms with Crippen LogP contribution < -0.4 is 26.7 Å². The number of benzene rings is 2. The SMILES string of the molecule is CNc1cccc2cc(C(=O)Nc3ccc(C(=O)O)cc3OCCCN)c(=O)[nH]c12.O=CO. The molecular weight excluding hydrogens is 432 g/mol. The van der Waals surface area contributed by atoms with Gasteiger partial charge in [-0.25, -0.2) is 4.79 Å². The molecule has 3 rings (SSSR count). The van der Waals surface area contributed by atoms with E-state index >= 15 is 0 Å². The second kappa shape index (κ2) is 11.9. The molecular formula is C22H24N4O7. The molecule has 0 saturated carbocycles. The summed E-state index contributed by atoms with van der Waals surface area (Å²) in [7, 11) is 1.74. The maximum Gasteiger partial charge on any atom is 0.335 e. The normalized spacial score (nSPS) is 10.0. The van der Waals surface area contributed by atoms with Gasteiger partial charge in [-0.1, -0.05) is 12.1 Å². The smallest absolute Gasteiger partial charge is 0.335 e. The number of nitrogens with one attached hydrogen (secondary N) is 3. The number of para-hydroxylation sites is 1. The average molecular weight is 456 g/mol. The minimum atomic E-state index is -1.12. The van der Waals surface area contributed by atoms with Crippen LogP contribution in [0, 0.1) is 0 Å². The van der Waals surface area contributed by atoms with E-state index in [9.17, 15) is 19.5 Å². The summed E-state index contributed by atoms with van der Waals surface area (Å²) in [6, 6.07) is 11.0. The number of H-pyrrole nitrogens is 1. The molecule has 2 aromatic carbocycles. The van der Waals surface area contributed by atoms with Gasteiger partial charge in [-0.2, -0.15) is 0 Å². The standard InChI is InChI=1S/C21H22N4O5.CH2O2/c1-23-16-5-2-4-12-10-14(20(27)25-18(12)16)19(26)24-15-7-6-13(21(28)29)11-17(15)30-9-3-8-22;2-1-3/h2,4-7,10-11,23H,3,8-9,22H2,1H3,(H,24,26)(H,25,27)(H,28,29);1H,(H,2,3). The molecule has 0 unspecified atom stereocenters. The lowest BCUT2D eigenvalue weighted by atomic mass is 10.1. The predicted molar refractivity (Wildman–Crippen MR) is 123 cm³/mol. The Kier molecular flexibility index (Phi) is 8.95. The molecule has 0 radical (unpaired) electrons. The molecule has 7 N–H and O–H groups in total. The minimum Gasteiger partial charge on any atom is -0.491 e. The first-order valence-electron chi connectivity index (χ1n) is 9.79. The topological polar surface area (TPSA) is 184 Å². The van der Waals surface area contributed by atoms with Crippen molar-refractivity contribution in [3.8, 4) is 5.75 Å². The van der Waals surface area contributed by atoms with Crippen LogP contribution in [0.4, 0.5) is 11.4 Å². The summed E-state index contributed by atoms with van der Waals surface area (Å²) in [6.45, 7) is 0.410. The van der Waals surface area contributed by atoms with Gasteiger partial charge in [0.25, 0.3) is 17.9 Å². The number of fused-ring (bicyclic) bond motifs is 1. The molecule has 0 fully saturated rings. The third-order valence-electron chi connectivity index (χ3n) is 4.48. The van der Waals surface area contributed by atoms with Crippen molar-refractivity contribution in [3.05, 3.63) is 63.9 Å². The van der Waals surface area contributed by atoms with Crippen LogP contribution in [0.15, 0.2) is 47.3 Å². The van der Waals surface area contributed by atoms with Gasteiger partial charge in [0.1, 0.15) is 11.3 Å². The first-order valence-corrected chi connectivity index (χ1v) is 9.79. The quantitative estimate of drug-likeness (QED) is 0.218. The summed E-state index contributed by atoms with van der Waals surface area (Å²) >= 11 is 0. The highest BCUT2D eigenvalue weighted by Crippen LogP contribution is 2.27.